The van der Waals surface area contributed by atoms with Crippen LogP contribution >= 0.6 is 0 Å². The largest absolute Gasteiger partial charge is 0.482 e. The minimum absolute atomic E-state index is 0.0294. The van der Waals surface area contributed by atoms with Crippen LogP contribution < -0.4 is 15.4 Å². The summed E-state index contributed by atoms with van der Waals surface area (Å²) in [7, 11) is 0. The van der Waals surface area contributed by atoms with Gasteiger partial charge in [0.1, 0.15) is 23.2 Å². The van der Waals surface area contributed by atoms with Crippen LogP contribution in [0.25, 0.3) is 6.08 Å². The predicted octanol–water partition coefficient (Wildman–Crippen LogP) is 2.94. The number of benzene rings is 2. The maximum absolute atomic E-state index is 13.0. The lowest BCUT2D eigenvalue weighted by Gasteiger charge is -2.20. The summed E-state index contributed by atoms with van der Waals surface area (Å²) in [6.07, 6.45) is 1.39. The molecule has 1 aliphatic rings. The van der Waals surface area contributed by atoms with Crippen molar-refractivity contribution < 1.29 is 18.7 Å². The van der Waals surface area contributed by atoms with Crippen molar-refractivity contribution in [1.29, 1.82) is 5.26 Å². The van der Waals surface area contributed by atoms with Gasteiger partial charge in [-0.15, -0.1) is 0 Å². The van der Waals surface area contributed by atoms with Gasteiger partial charge in [-0.1, -0.05) is 18.2 Å². The molecule has 3 rings (SSSR count). The molecule has 2 aromatic carbocycles. The molecule has 0 bridgehead atoms. The van der Waals surface area contributed by atoms with E-state index in [1.807, 2.05) is 6.07 Å². The number of ether oxygens (including phenoxy) is 1. The quantitative estimate of drug-likeness (QED) is 0.644. The summed E-state index contributed by atoms with van der Waals surface area (Å²) >= 11 is 0. The first kappa shape index (κ1) is 18.1. The number of rotatable bonds is 4. The molecular weight excluding hydrogens is 349 g/mol. The summed E-state index contributed by atoms with van der Waals surface area (Å²) in [4.78, 5) is 23.8. The molecular formula is C20H16FN3O3. The van der Waals surface area contributed by atoms with Crippen molar-refractivity contribution in [1.82, 2.24) is 5.32 Å². The standard InChI is InChI=1S/C20H16FN3O3/c1-12(14-4-7-18-17(9-14)24-19(25)11-27-18)23-20(26)15(10-22)8-13-2-5-16(21)6-3-13/h2-9,12H,11H2,1H3,(H,23,26)(H,24,25)/b15-8-. The van der Waals surface area contributed by atoms with E-state index in [-0.39, 0.29) is 18.1 Å². The molecule has 1 unspecified atom stereocenters. The van der Waals surface area contributed by atoms with E-state index in [0.29, 0.717) is 17.0 Å². The number of carbonyl (C=O) groups is 2. The van der Waals surface area contributed by atoms with Crippen LogP contribution in [0.4, 0.5) is 10.1 Å². The predicted molar refractivity (Wildman–Crippen MR) is 97.1 cm³/mol. The summed E-state index contributed by atoms with van der Waals surface area (Å²) in [6.45, 7) is 1.73. The summed E-state index contributed by atoms with van der Waals surface area (Å²) in [5.41, 5.74) is 1.73. The van der Waals surface area contributed by atoms with Crippen LogP contribution in [0, 0.1) is 17.1 Å². The highest BCUT2D eigenvalue weighted by atomic mass is 19.1. The number of anilines is 1. The molecule has 2 amide bonds. The van der Waals surface area contributed by atoms with Gasteiger partial charge in [0.05, 0.1) is 11.7 Å². The Morgan fingerprint density at radius 3 is 2.78 bits per heavy atom. The van der Waals surface area contributed by atoms with Crippen molar-refractivity contribution in [3.05, 3.63) is 65.0 Å². The number of halogens is 1. The first-order valence-corrected chi connectivity index (χ1v) is 8.21. The molecule has 2 N–H and O–H groups in total. The number of amides is 2. The fourth-order valence-corrected chi connectivity index (χ4v) is 2.60. The molecule has 0 saturated carbocycles. The van der Waals surface area contributed by atoms with Crippen molar-refractivity contribution in [2.24, 2.45) is 0 Å². The molecule has 0 fully saturated rings. The highest BCUT2D eigenvalue weighted by Crippen LogP contribution is 2.30. The number of hydrogen-bond acceptors (Lipinski definition) is 4. The van der Waals surface area contributed by atoms with E-state index in [1.165, 1.54) is 30.3 Å². The van der Waals surface area contributed by atoms with E-state index in [1.54, 1.807) is 25.1 Å². The van der Waals surface area contributed by atoms with Crippen molar-refractivity contribution in [2.75, 3.05) is 11.9 Å². The molecule has 1 aliphatic heterocycles. The van der Waals surface area contributed by atoms with E-state index in [0.717, 1.165) is 5.56 Å². The molecule has 0 spiro atoms. The molecule has 0 aromatic heterocycles. The maximum atomic E-state index is 13.0. The Hall–Kier alpha value is -3.66. The first-order chi connectivity index (χ1) is 13.0. The molecule has 136 valence electrons. The van der Waals surface area contributed by atoms with E-state index < -0.39 is 17.8 Å². The Kier molecular flexibility index (Phi) is 5.18. The van der Waals surface area contributed by atoms with Crippen LogP contribution in [0.15, 0.2) is 48.0 Å². The maximum Gasteiger partial charge on any atom is 0.262 e. The summed E-state index contributed by atoms with van der Waals surface area (Å²) in [5, 5.41) is 14.7. The van der Waals surface area contributed by atoms with Crippen molar-refractivity contribution >= 4 is 23.6 Å². The summed E-state index contributed by atoms with van der Waals surface area (Å²) < 4.78 is 18.3. The fourth-order valence-electron chi connectivity index (χ4n) is 2.60. The third kappa shape index (κ3) is 4.30. The lowest BCUT2D eigenvalue weighted by Crippen LogP contribution is -2.28. The SMILES string of the molecule is CC(NC(=O)/C(C#N)=C\c1ccc(F)cc1)c1ccc2c(c1)NC(=O)CO2. The average Bonchev–Trinajstić information content (AvgIpc) is 2.66. The van der Waals surface area contributed by atoms with Gasteiger partial charge in [-0.3, -0.25) is 9.59 Å². The molecule has 27 heavy (non-hydrogen) atoms. The van der Waals surface area contributed by atoms with E-state index in [2.05, 4.69) is 10.6 Å². The van der Waals surface area contributed by atoms with Gasteiger partial charge in [0.15, 0.2) is 6.61 Å². The molecule has 7 heteroatoms. The van der Waals surface area contributed by atoms with Crippen molar-refractivity contribution in [2.45, 2.75) is 13.0 Å². The molecule has 6 nitrogen and oxygen atoms in total. The second-order valence-electron chi connectivity index (χ2n) is 6.01. The molecule has 0 saturated heterocycles. The molecule has 0 radical (unpaired) electrons. The second-order valence-corrected chi connectivity index (χ2v) is 6.01. The van der Waals surface area contributed by atoms with Crippen LogP contribution in [-0.4, -0.2) is 18.4 Å². The Balaban J connectivity index is 1.74. The van der Waals surface area contributed by atoms with Crippen LogP contribution in [0.1, 0.15) is 24.1 Å². The van der Waals surface area contributed by atoms with Crippen LogP contribution in [0.2, 0.25) is 0 Å². The van der Waals surface area contributed by atoms with Gasteiger partial charge in [0, 0.05) is 0 Å². The molecule has 1 atom stereocenters. The lowest BCUT2D eigenvalue weighted by atomic mass is 10.1. The number of carbonyl (C=O) groups excluding carboxylic acids is 2. The molecule has 1 heterocycles. The monoisotopic (exact) mass is 365 g/mol. The van der Waals surface area contributed by atoms with Gasteiger partial charge in [-0.05, 0) is 48.4 Å². The number of nitrogens with zero attached hydrogens (tertiary/aromatic N) is 1. The Morgan fingerprint density at radius 2 is 2.07 bits per heavy atom. The topological polar surface area (TPSA) is 91.2 Å². The zero-order valence-corrected chi connectivity index (χ0v) is 14.5. The van der Waals surface area contributed by atoms with Gasteiger partial charge >= 0.3 is 0 Å². The zero-order valence-electron chi connectivity index (χ0n) is 14.5. The fraction of sp³-hybridized carbons (Fsp3) is 0.150. The first-order valence-electron chi connectivity index (χ1n) is 8.21. The van der Waals surface area contributed by atoms with Crippen molar-refractivity contribution in [3.8, 4) is 11.8 Å². The normalized spacial score (nSPS) is 14.3. The van der Waals surface area contributed by atoms with Crippen LogP contribution in [-0.2, 0) is 9.59 Å². The second kappa shape index (κ2) is 7.70. The lowest BCUT2D eigenvalue weighted by molar-refractivity contribution is -0.119. The van der Waals surface area contributed by atoms with Crippen molar-refractivity contribution in [3.63, 3.8) is 0 Å². The third-order valence-electron chi connectivity index (χ3n) is 4.03. The van der Waals surface area contributed by atoms with Crippen LogP contribution in [0.3, 0.4) is 0 Å². The number of hydrogen-bond donors (Lipinski definition) is 2. The Bertz CT molecular complexity index is 961. The Labute approximate surface area is 155 Å². The highest BCUT2D eigenvalue weighted by molar-refractivity contribution is 6.02. The third-order valence-corrected chi connectivity index (χ3v) is 4.03. The minimum atomic E-state index is -0.549. The average molecular weight is 365 g/mol. The zero-order chi connectivity index (χ0) is 19.4. The molecule has 0 aliphatic carbocycles. The number of nitrogens with one attached hydrogen (secondary N) is 2. The van der Waals surface area contributed by atoms with Crippen LogP contribution in [0.5, 0.6) is 5.75 Å². The van der Waals surface area contributed by atoms with Gasteiger partial charge in [-0.2, -0.15) is 5.26 Å². The summed E-state index contributed by atoms with van der Waals surface area (Å²) in [6, 6.07) is 12.1. The highest BCUT2D eigenvalue weighted by Gasteiger charge is 2.19. The number of nitriles is 1. The Morgan fingerprint density at radius 1 is 1.33 bits per heavy atom. The minimum Gasteiger partial charge on any atom is -0.482 e. The van der Waals surface area contributed by atoms with E-state index in [9.17, 15) is 19.2 Å². The van der Waals surface area contributed by atoms with Gasteiger partial charge in [0.2, 0.25) is 0 Å². The van der Waals surface area contributed by atoms with E-state index in [4.69, 9.17) is 4.74 Å². The summed E-state index contributed by atoms with van der Waals surface area (Å²) in [5.74, 6) is -0.629. The van der Waals surface area contributed by atoms with Gasteiger partial charge in [-0.25, -0.2) is 4.39 Å². The number of fused-ring (bicyclic) bond motifs is 1. The molecule has 2 aromatic rings. The van der Waals surface area contributed by atoms with E-state index >= 15 is 0 Å². The van der Waals surface area contributed by atoms with Gasteiger partial charge < -0.3 is 15.4 Å². The smallest absolute Gasteiger partial charge is 0.262 e. The van der Waals surface area contributed by atoms with Gasteiger partial charge in [0.25, 0.3) is 11.8 Å².